The van der Waals surface area contributed by atoms with E-state index in [0.717, 1.165) is 25.4 Å². The zero-order chi connectivity index (χ0) is 15.5. The van der Waals surface area contributed by atoms with Crippen molar-refractivity contribution in [3.05, 3.63) is 0 Å². The molecule has 0 aromatic rings. The van der Waals surface area contributed by atoms with Crippen LogP contribution in [0, 0.1) is 11.8 Å². The highest BCUT2D eigenvalue weighted by molar-refractivity contribution is 5.51. The average Bonchev–Trinajstić information content (AvgIpc) is 2.42. The molecule has 116 valence electrons. The smallest absolute Gasteiger partial charge is 0.122 e. The second-order valence-corrected chi connectivity index (χ2v) is 4.93. The van der Waals surface area contributed by atoms with Gasteiger partial charge in [0.25, 0.3) is 0 Å². The molecule has 1 unspecified atom stereocenters. The number of aldehydes is 2. The lowest BCUT2D eigenvalue weighted by Crippen LogP contribution is -2.03. The van der Waals surface area contributed by atoms with Crippen LogP contribution in [0.3, 0.4) is 0 Å². The van der Waals surface area contributed by atoms with Crippen LogP contribution in [0.1, 0.15) is 73.1 Å². The second-order valence-electron chi connectivity index (χ2n) is 4.93. The largest absolute Gasteiger partial charge is 0.396 e. The van der Waals surface area contributed by atoms with Gasteiger partial charge in [-0.2, -0.15) is 0 Å². The van der Waals surface area contributed by atoms with Crippen molar-refractivity contribution < 1.29 is 14.7 Å². The van der Waals surface area contributed by atoms with Gasteiger partial charge in [0.05, 0.1) is 0 Å². The Bertz CT molecular complexity index is 163. The predicted octanol–water partition coefficient (Wildman–Crippen LogP) is 4.02. The highest BCUT2D eigenvalue weighted by Crippen LogP contribution is 2.10. The Morgan fingerprint density at radius 3 is 1.74 bits per heavy atom. The van der Waals surface area contributed by atoms with Crippen LogP contribution in [0.15, 0.2) is 0 Å². The van der Waals surface area contributed by atoms with Crippen molar-refractivity contribution in [1.82, 2.24) is 0 Å². The van der Waals surface area contributed by atoms with Gasteiger partial charge in [0, 0.05) is 18.9 Å². The summed E-state index contributed by atoms with van der Waals surface area (Å²) in [6.45, 7) is 10.4. The number of aliphatic hydroxyl groups excluding tert-OH is 1. The van der Waals surface area contributed by atoms with E-state index in [2.05, 4.69) is 13.8 Å². The van der Waals surface area contributed by atoms with Gasteiger partial charge < -0.3 is 14.7 Å². The van der Waals surface area contributed by atoms with Crippen molar-refractivity contribution in [1.29, 1.82) is 0 Å². The van der Waals surface area contributed by atoms with Gasteiger partial charge in [0.2, 0.25) is 0 Å². The number of hydrogen-bond donors (Lipinski definition) is 1. The average molecular weight is 274 g/mol. The number of hydrogen-bond acceptors (Lipinski definition) is 3. The summed E-state index contributed by atoms with van der Waals surface area (Å²) in [6.07, 6.45) is 8.36. The summed E-state index contributed by atoms with van der Waals surface area (Å²) in [5, 5.41) is 8.75. The summed E-state index contributed by atoms with van der Waals surface area (Å²) in [4.78, 5) is 18.9. The van der Waals surface area contributed by atoms with Crippen molar-refractivity contribution >= 4 is 12.6 Å². The van der Waals surface area contributed by atoms with E-state index in [0.29, 0.717) is 18.9 Å². The van der Waals surface area contributed by atoms with E-state index in [1.165, 1.54) is 19.3 Å². The van der Waals surface area contributed by atoms with Crippen LogP contribution < -0.4 is 0 Å². The van der Waals surface area contributed by atoms with Crippen molar-refractivity contribution in [3.8, 4) is 0 Å². The third kappa shape index (κ3) is 31.7. The van der Waals surface area contributed by atoms with E-state index in [1.807, 2.05) is 20.8 Å². The fourth-order valence-electron chi connectivity index (χ4n) is 1.04. The minimum atomic E-state index is 0.204. The van der Waals surface area contributed by atoms with Crippen molar-refractivity contribution in [2.45, 2.75) is 73.1 Å². The third-order valence-electron chi connectivity index (χ3n) is 2.48. The third-order valence-corrected chi connectivity index (χ3v) is 2.48. The van der Waals surface area contributed by atoms with Gasteiger partial charge in [0.15, 0.2) is 0 Å². The van der Waals surface area contributed by atoms with Crippen LogP contribution in [-0.4, -0.2) is 24.3 Å². The molecule has 0 spiro atoms. The van der Waals surface area contributed by atoms with Crippen LogP contribution >= 0.6 is 0 Å². The maximum atomic E-state index is 9.50. The molecule has 0 bridgehead atoms. The molecule has 0 fully saturated rings. The molecule has 0 rings (SSSR count). The Hall–Kier alpha value is -0.700. The highest BCUT2D eigenvalue weighted by Gasteiger charge is 2.01. The summed E-state index contributed by atoms with van der Waals surface area (Å²) in [7, 11) is 0. The summed E-state index contributed by atoms with van der Waals surface area (Å²) in [6, 6.07) is 0. The lowest BCUT2D eigenvalue weighted by molar-refractivity contribution is -0.110. The molecular weight excluding hydrogens is 240 g/mol. The Labute approximate surface area is 119 Å². The van der Waals surface area contributed by atoms with Gasteiger partial charge in [-0.05, 0) is 18.8 Å². The lowest BCUT2D eigenvalue weighted by atomic mass is 10.0. The van der Waals surface area contributed by atoms with Gasteiger partial charge in [0.1, 0.15) is 12.6 Å². The van der Waals surface area contributed by atoms with E-state index in [1.54, 1.807) is 0 Å². The summed E-state index contributed by atoms with van der Waals surface area (Å²) in [5.41, 5.74) is 0. The van der Waals surface area contributed by atoms with Crippen molar-refractivity contribution in [2.75, 3.05) is 6.61 Å². The van der Waals surface area contributed by atoms with E-state index in [4.69, 9.17) is 5.11 Å². The standard InChI is InChI=1S/C8H18O.2C4H8O/c1-3-5-6-8(4-2)7-9;1-4(2)3-5;1-2-3-4-5/h8-9H,3-7H2,1-2H3;3-4H,1-2H3;4H,2-3H2,1H3. The minimum absolute atomic E-state index is 0.204. The number of aliphatic hydroxyl groups is 1. The Morgan fingerprint density at radius 1 is 1.05 bits per heavy atom. The highest BCUT2D eigenvalue weighted by atomic mass is 16.3. The number of unbranched alkanes of at least 4 members (excludes halogenated alkanes) is 2. The molecule has 0 saturated carbocycles. The first-order valence-corrected chi connectivity index (χ1v) is 7.53. The fraction of sp³-hybridized carbons (Fsp3) is 0.875. The number of rotatable bonds is 8. The molecule has 0 aromatic carbocycles. The second kappa shape index (κ2) is 22.5. The van der Waals surface area contributed by atoms with E-state index in [9.17, 15) is 9.59 Å². The summed E-state index contributed by atoms with van der Waals surface area (Å²) in [5.74, 6) is 0.764. The molecule has 0 saturated heterocycles. The normalized spacial score (nSPS) is 10.7. The molecule has 0 aliphatic rings. The van der Waals surface area contributed by atoms with E-state index in [-0.39, 0.29) is 5.92 Å². The van der Waals surface area contributed by atoms with Gasteiger partial charge >= 0.3 is 0 Å². The molecule has 3 nitrogen and oxygen atoms in total. The molecule has 0 aliphatic carbocycles. The van der Waals surface area contributed by atoms with E-state index < -0.39 is 0 Å². The predicted molar refractivity (Wildman–Crippen MR) is 82.3 cm³/mol. The zero-order valence-corrected chi connectivity index (χ0v) is 13.5. The Kier molecular flexibility index (Phi) is 27.7. The Morgan fingerprint density at radius 2 is 1.58 bits per heavy atom. The fourth-order valence-corrected chi connectivity index (χ4v) is 1.04. The van der Waals surface area contributed by atoms with Crippen LogP contribution in [-0.2, 0) is 9.59 Å². The monoisotopic (exact) mass is 274 g/mol. The number of carbonyl (C=O) groups is 2. The quantitative estimate of drug-likeness (QED) is 0.680. The molecular formula is C16H34O3. The van der Waals surface area contributed by atoms with Gasteiger partial charge in [-0.1, -0.05) is 53.9 Å². The first-order chi connectivity index (χ1) is 9.03. The van der Waals surface area contributed by atoms with E-state index >= 15 is 0 Å². The molecule has 3 heteroatoms. The minimum Gasteiger partial charge on any atom is -0.396 e. The van der Waals surface area contributed by atoms with Crippen LogP contribution in [0.4, 0.5) is 0 Å². The van der Waals surface area contributed by atoms with Crippen LogP contribution in [0.25, 0.3) is 0 Å². The van der Waals surface area contributed by atoms with Gasteiger partial charge in [-0.3, -0.25) is 0 Å². The lowest BCUT2D eigenvalue weighted by Gasteiger charge is -2.08. The SMILES string of the molecule is CC(C)C=O.CCCC=O.CCCCC(CC)CO. The molecule has 0 aromatic heterocycles. The maximum absolute atomic E-state index is 9.50. The van der Waals surface area contributed by atoms with Crippen LogP contribution in [0.2, 0.25) is 0 Å². The molecule has 0 amide bonds. The van der Waals surface area contributed by atoms with Crippen LogP contribution in [0.5, 0.6) is 0 Å². The number of carbonyl (C=O) groups excluding carboxylic acids is 2. The van der Waals surface area contributed by atoms with Crippen molar-refractivity contribution in [3.63, 3.8) is 0 Å². The molecule has 1 atom stereocenters. The van der Waals surface area contributed by atoms with Gasteiger partial charge in [-0.25, -0.2) is 0 Å². The zero-order valence-electron chi connectivity index (χ0n) is 13.5. The molecule has 0 aliphatic heterocycles. The Balaban J connectivity index is -0.000000219. The molecule has 0 heterocycles. The van der Waals surface area contributed by atoms with Crippen molar-refractivity contribution in [2.24, 2.45) is 11.8 Å². The van der Waals surface area contributed by atoms with Gasteiger partial charge in [-0.15, -0.1) is 0 Å². The topological polar surface area (TPSA) is 54.4 Å². The molecule has 0 radical (unpaired) electrons. The summed E-state index contributed by atoms with van der Waals surface area (Å²) < 4.78 is 0. The first-order valence-electron chi connectivity index (χ1n) is 7.53. The molecule has 1 N–H and O–H groups in total. The molecule has 19 heavy (non-hydrogen) atoms. The first kappa shape index (κ1) is 23.4. The maximum Gasteiger partial charge on any atom is 0.122 e. The summed E-state index contributed by atoms with van der Waals surface area (Å²) >= 11 is 0.